The molecule has 10 nitrogen and oxygen atoms in total. The van der Waals surface area contributed by atoms with Gasteiger partial charge in [0, 0.05) is 45.8 Å². The average Bonchev–Trinajstić information content (AvgIpc) is 2.69. The van der Waals surface area contributed by atoms with E-state index in [2.05, 4.69) is 15.6 Å². The Hall–Kier alpha value is -2.36. The number of primary amides is 1. The fraction of sp³-hybridized carbons (Fsp3) is 0.722. The molecule has 0 unspecified atom stereocenters. The molecule has 0 saturated carbocycles. The highest BCUT2D eigenvalue weighted by Gasteiger charge is 2.31. The Balaban J connectivity index is 2.36. The van der Waals surface area contributed by atoms with Gasteiger partial charge >= 0.3 is 0 Å². The Kier molecular flexibility index (Phi) is 10.3. The van der Waals surface area contributed by atoms with Gasteiger partial charge in [-0.1, -0.05) is 0 Å². The van der Waals surface area contributed by atoms with Crippen LogP contribution >= 0.6 is 0 Å². The quantitative estimate of drug-likeness (QED) is 0.160. The van der Waals surface area contributed by atoms with Crippen LogP contribution in [0.3, 0.4) is 0 Å². The van der Waals surface area contributed by atoms with Crippen LogP contribution in [0.5, 0.6) is 0 Å². The molecule has 1 saturated heterocycles. The topological polar surface area (TPSA) is 146 Å². The molecule has 1 aliphatic rings. The zero-order valence-corrected chi connectivity index (χ0v) is 17.2. The Bertz CT molecular complexity index is 559. The summed E-state index contributed by atoms with van der Waals surface area (Å²) < 4.78 is 0. The fourth-order valence-electron chi connectivity index (χ4n) is 2.86. The number of nitrogens with zero attached hydrogens (tertiary/aromatic N) is 3. The molecule has 0 bridgehead atoms. The van der Waals surface area contributed by atoms with Crippen LogP contribution in [0.2, 0.25) is 0 Å². The predicted molar refractivity (Wildman–Crippen MR) is 108 cm³/mol. The highest BCUT2D eigenvalue weighted by molar-refractivity contribution is 6.13. The lowest BCUT2D eigenvalue weighted by atomic mass is 10.1. The van der Waals surface area contributed by atoms with Gasteiger partial charge in [-0.25, -0.2) is 0 Å². The van der Waals surface area contributed by atoms with E-state index < -0.39 is 11.9 Å². The number of amides is 3. The Labute approximate surface area is 167 Å². The molecule has 0 aromatic heterocycles. The molecule has 0 aromatic carbocycles. The fourth-order valence-corrected chi connectivity index (χ4v) is 2.86. The number of piperazine rings is 1. The highest BCUT2D eigenvalue weighted by atomic mass is 16.2. The van der Waals surface area contributed by atoms with Crippen molar-refractivity contribution >= 4 is 23.7 Å². The number of hydrogen-bond donors (Lipinski definition) is 4. The number of carbonyl (C=O) groups is 3. The third-order valence-electron chi connectivity index (χ3n) is 4.53. The van der Waals surface area contributed by atoms with Gasteiger partial charge in [0.25, 0.3) is 0 Å². The zero-order valence-electron chi connectivity index (χ0n) is 17.2. The summed E-state index contributed by atoms with van der Waals surface area (Å²) in [4.78, 5) is 43.3. The normalized spacial score (nSPS) is 16.1. The van der Waals surface area contributed by atoms with Crippen molar-refractivity contribution in [1.29, 1.82) is 0 Å². The third kappa shape index (κ3) is 7.34. The van der Waals surface area contributed by atoms with Crippen LogP contribution in [0.25, 0.3) is 0 Å². The molecular weight excluding hydrogens is 362 g/mol. The Morgan fingerprint density at radius 3 is 2.21 bits per heavy atom. The third-order valence-corrected chi connectivity index (χ3v) is 4.53. The molecule has 1 aliphatic heterocycles. The number of hydrogen-bond acceptors (Lipinski definition) is 5. The van der Waals surface area contributed by atoms with Crippen LogP contribution < -0.4 is 22.1 Å². The molecule has 1 heterocycles. The van der Waals surface area contributed by atoms with E-state index in [1.807, 2.05) is 13.8 Å². The van der Waals surface area contributed by atoms with Gasteiger partial charge in [0.05, 0.1) is 6.04 Å². The molecule has 0 spiro atoms. The van der Waals surface area contributed by atoms with E-state index in [1.54, 1.807) is 4.90 Å². The maximum Gasteiger partial charge on any atom is 0.239 e. The highest BCUT2D eigenvalue weighted by Crippen LogP contribution is 2.10. The van der Waals surface area contributed by atoms with Crippen molar-refractivity contribution in [3.63, 3.8) is 0 Å². The van der Waals surface area contributed by atoms with Crippen molar-refractivity contribution in [1.82, 2.24) is 20.4 Å². The van der Waals surface area contributed by atoms with Gasteiger partial charge < -0.3 is 31.9 Å². The monoisotopic (exact) mass is 396 g/mol. The summed E-state index contributed by atoms with van der Waals surface area (Å²) >= 11 is 0. The largest absolute Gasteiger partial charge is 0.369 e. The first-order valence-corrected chi connectivity index (χ1v) is 9.80. The summed E-state index contributed by atoms with van der Waals surface area (Å²) in [6.07, 6.45) is 1.30. The standard InChI is InChI=1S/C18H34N7O3/c1-4-21-18(22-5-2)23-8-6-7-14(19)17(28)25-11-9-24(10-12-25)16(27)13(3)15(20)26/h14H,4-12,19H2,1-3H3,(H2,20,26)(H2,21,22,23)/t14-/m1/s1. The van der Waals surface area contributed by atoms with E-state index >= 15 is 0 Å². The molecule has 1 fully saturated rings. The van der Waals surface area contributed by atoms with E-state index in [0.29, 0.717) is 45.7 Å². The summed E-state index contributed by atoms with van der Waals surface area (Å²) in [5, 5.41) is 6.35. The molecule has 6 N–H and O–H groups in total. The van der Waals surface area contributed by atoms with Crippen molar-refractivity contribution in [3.05, 3.63) is 5.92 Å². The number of nitrogens with one attached hydrogen (secondary N) is 2. The van der Waals surface area contributed by atoms with Gasteiger partial charge in [0.15, 0.2) is 5.96 Å². The van der Waals surface area contributed by atoms with Crippen molar-refractivity contribution in [2.75, 3.05) is 45.8 Å². The van der Waals surface area contributed by atoms with Crippen LogP contribution in [0.15, 0.2) is 4.99 Å². The molecule has 28 heavy (non-hydrogen) atoms. The van der Waals surface area contributed by atoms with Gasteiger partial charge in [0.2, 0.25) is 17.7 Å². The van der Waals surface area contributed by atoms with Gasteiger partial charge in [-0.05, 0) is 33.6 Å². The van der Waals surface area contributed by atoms with Crippen molar-refractivity contribution in [2.45, 2.75) is 39.7 Å². The summed E-state index contributed by atoms with van der Waals surface area (Å²) in [6, 6.07) is -0.575. The van der Waals surface area contributed by atoms with Crippen molar-refractivity contribution < 1.29 is 14.4 Å². The Morgan fingerprint density at radius 2 is 1.68 bits per heavy atom. The molecule has 1 rings (SSSR count). The number of nitrogens with two attached hydrogens (primary N) is 2. The number of rotatable bonds is 9. The van der Waals surface area contributed by atoms with Gasteiger partial charge in [-0.2, -0.15) is 0 Å². The lowest BCUT2D eigenvalue weighted by Crippen LogP contribution is -2.55. The predicted octanol–water partition coefficient (Wildman–Crippen LogP) is -1.58. The summed E-state index contributed by atoms with van der Waals surface area (Å²) in [6.45, 7) is 9.07. The molecule has 10 heteroatoms. The SMILES string of the molecule is CCN=C(NCC)NCCC[C@@H](N)C(=O)N1CCN(C(=O)[C](C)C(N)=O)CC1. The zero-order chi connectivity index (χ0) is 21.1. The first-order valence-electron chi connectivity index (χ1n) is 9.80. The molecule has 0 aromatic rings. The number of guanidine groups is 1. The van der Waals surface area contributed by atoms with Crippen molar-refractivity contribution in [3.8, 4) is 0 Å². The molecule has 159 valence electrons. The molecule has 1 atom stereocenters. The summed E-state index contributed by atoms with van der Waals surface area (Å²) in [5.41, 5.74) is 11.2. The van der Waals surface area contributed by atoms with Crippen LogP contribution in [-0.4, -0.2) is 85.3 Å². The second kappa shape index (κ2) is 12.2. The minimum Gasteiger partial charge on any atom is -0.369 e. The summed E-state index contributed by atoms with van der Waals surface area (Å²) in [7, 11) is 0. The van der Waals surface area contributed by atoms with E-state index in [4.69, 9.17) is 11.5 Å². The van der Waals surface area contributed by atoms with E-state index in [9.17, 15) is 14.4 Å². The lowest BCUT2D eigenvalue weighted by Gasteiger charge is -2.36. The maximum atomic E-state index is 12.5. The molecule has 0 aliphatic carbocycles. The van der Waals surface area contributed by atoms with Crippen LogP contribution in [0.1, 0.15) is 33.6 Å². The van der Waals surface area contributed by atoms with E-state index in [0.717, 1.165) is 18.9 Å². The first kappa shape index (κ1) is 23.7. The smallest absolute Gasteiger partial charge is 0.239 e. The number of aliphatic imine (C=N–C) groups is 1. The summed E-state index contributed by atoms with van der Waals surface area (Å²) in [5.74, 6) is -0.446. The van der Waals surface area contributed by atoms with Gasteiger partial charge in [0.1, 0.15) is 5.92 Å². The second-order valence-corrected chi connectivity index (χ2v) is 6.64. The van der Waals surface area contributed by atoms with Gasteiger partial charge in [-0.3, -0.25) is 19.4 Å². The van der Waals surface area contributed by atoms with E-state index in [-0.39, 0.29) is 17.7 Å². The minimum absolute atomic E-state index is 0.00697. The van der Waals surface area contributed by atoms with Crippen LogP contribution in [0.4, 0.5) is 0 Å². The first-order chi connectivity index (χ1) is 13.3. The average molecular weight is 397 g/mol. The second-order valence-electron chi connectivity index (χ2n) is 6.64. The maximum absolute atomic E-state index is 12.5. The lowest BCUT2D eigenvalue weighted by molar-refractivity contribution is -0.140. The molecule has 3 amide bonds. The van der Waals surface area contributed by atoms with E-state index in [1.165, 1.54) is 11.8 Å². The van der Waals surface area contributed by atoms with Crippen LogP contribution in [0, 0.1) is 5.92 Å². The van der Waals surface area contributed by atoms with Crippen LogP contribution in [-0.2, 0) is 14.4 Å². The molecule has 1 radical (unpaired) electrons. The minimum atomic E-state index is -0.722. The Morgan fingerprint density at radius 1 is 1.07 bits per heavy atom. The van der Waals surface area contributed by atoms with Gasteiger partial charge in [-0.15, -0.1) is 0 Å². The van der Waals surface area contributed by atoms with Crippen molar-refractivity contribution in [2.24, 2.45) is 16.5 Å². The molecular formula is C18H34N7O3. The number of carbonyl (C=O) groups excluding carboxylic acids is 3.